The fourth-order valence-corrected chi connectivity index (χ4v) is 1.28. The first-order chi connectivity index (χ1) is 5.36. The molecule has 0 fully saturated rings. The lowest BCUT2D eigenvalue weighted by Crippen LogP contribution is -2.11. The number of hydrogen-bond donors (Lipinski definition) is 0. The van der Waals surface area contributed by atoms with Gasteiger partial charge in [0.2, 0.25) is 0 Å². The van der Waals surface area contributed by atoms with Gasteiger partial charge in [-0.25, -0.2) is 4.53 Å². The molecule has 0 bridgehead atoms. The summed E-state index contributed by atoms with van der Waals surface area (Å²) in [6.07, 6.45) is 1.77. The van der Waals surface area contributed by atoms with Crippen LogP contribution in [-0.4, -0.2) is 10.7 Å². The second kappa shape index (κ2) is 2.55. The molecule has 0 radical (unpaired) electrons. The summed E-state index contributed by atoms with van der Waals surface area (Å²) in [6.45, 7) is 0.689. The summed E-state index contributed by atoms with van der Waals surface area (Å²) in [6, 6.07) is 8.08. The van der Waals surface area contributed by atoms with Gasteiger partial charge in [-0.3, -0.25) is 0 Å². The van der Waals surface area contributed by atoms with Gasteiger partial charge in [0.05, 0.1) is 12.8 Å². The van der Waals surface area contributed by atoms with Gasteiger partial charge in [-0.1, -0.05) is 24.3 Å². The first kappa shape index (κ1) is 6.68. The molecule has 1 aliphatic rings. The number of rotatable bonds is 0. The minimum atomic E-state index is 0.689. The molecule has 0 spiro atoms. The predicted molar refractivity (Wildman–Crippen MR) is 45.4 cm³/mol. The fourth-order valence-electron chi connectivity index (χ4n) is 1.11. The molecular formula is C8H7ClN2. The van der Waals surface area contributed by atoms with Crippen LogP contribution in [0, 0.1) is 0 Å². The zero-order valence-electron chi connectivity index (χ0n) is 5.87. The predicted octanol–water partition coefficient (Wildman–Crippen LogP) is 1.99. The van der Waals surface area contributed by atoms with Gasteiger partial charge in [-0.2, -0.15) is 5.10 Å². The van der Waals surface area contributed by atoms with Crippen molar-refractivity contribution < 1.29 is 0 Å². The maximum atomic E-state index is 5.68. The molecule has 3 heteroatoms. The van der Waals surface area contributed by atoms with Crippen LogP contribution in [0.5, 0.6) is 0 Å². The monoisotopic (exact) mass is 166 g/mol. The van der Waals surface area contributed by atoms with E-state index in [4.69, 9.17) is 11.8 Å². The average Bonchev–Trinajstić information content (AvgIpc) is 2.04. The van der Waals surface area contributed by atoms with E-state index in [0.29, 0.717) is 6.54 Å². The Balaban J connectivity index is 2.46. The quantitative estimate of drug-likeness (QED) is 0.539. The smallest absolute Gasteiger partial charge is 0.0795 e. The first-order valence-corrected chi connectivity index (χ1v) is 3.75. The molecule has 0 saturated carbocycles. The Labute approximate surface area is 70.2 Å². The molecule has 0 aromatic heterocycles. The van der Waals surface area contributed by atoms with E-state index in [2.05, 4.69) is 11.2 Å². The SMILES string of the molecule is ClN1Cc2ccccc2C=N1. The molecule has 1 aromatic carbocycles. The van der Waals surface area contributed by atoms with Gasteiger partial charge in [-0.05, 0) is 11.1 Å². The van der Waals surface area contributed by atoms with Gasteiger partial charge < -0.3 is 0 Å². The van der Waals surface area contributed by atoms with Gasteiger partial charge in [0.15, 0.2) is 0 Å². The van der Waals surface area contributed by atoms with Gasteiger partial charge >= 0.3 is 0 Å². The van der Waals surface area contributed by atoms with Gasteiger partial charge in [0, 0.05) is 11.8 Å². The van der Waals surface area contributed by atoms with Gasteiger partial charge in [0.1, 0.15) is 0 Å². The van der Waals surface area contributed by atoms with Crippen LogP contribution in [0.4, 0.5) is 0 Å². The molecular weight excluding hydrogens is 160 g/mol. The summed E-state index contributed by atoms with van der Waals surface area (Å²) in [4.78, 5) is 0. The van der Waals surface area contributed by atoms with E-state index < -0.39 is 0 Å². The topological polar surface area (TPSA) is 15.6 Å². The Morgan fingerprint density at radius 1 is 1.36 bits per heavy atom. The molecule has 1 aromatic rings. The summed E-state index contributed by atoms with van der Waals surface area (Å²) in [5.41, 5.74) is 2.38. The van der Waals surface area contributed by atoms with Crippen LogP contribution >= 0.6 is 11.8 Å². The van der Waals surface area contributed by atoms with Crippen molar-refractivity contribution in [2.24, 2.45) is 5.10 Å². The Bertz CT molecular complexity index is 296. The van der Waals surface area contributed by atoms with Crippen molar-refractivity contribution in [2.75, 3.05) is 0 Å². The number of halogens is 1. The highest BCUT2D eigenvalue weighted by Gasteiger charge is 2.07. The van der Waals surface area contributed by atoms with E-state index in [-0.39, 0.29) is 0 Å². The zero-order valence-corrected chi connectivity index (χ0v) is 6.62. The molecule has 1 aliphatic heterocycles. The highest BCUT2D eigenvalue weighted by Crippen LogP contribution is 2.15. The van der Waals surface area contributed by atoms with E-state index in [1.54, 1.807) is 6.21 Å². The summed E-state index contributed by atoms with van der Waals surface area (Å²) >= 11 is 5.68. The van der Waals surface area contributed by atoms with Crippen molar-refractivity contribution in [2.45, 2.75) is 6.54 Å². The second-order valence-electron chi connectivity index (χ2n) is 2.44. The van der Waals surface area contributed by atoms with Crippen molar-refractivity contribution in [3.05, 3.63) is 35.4 Å². The van der Waals surface area contributed by atoms with Crippen LogP contribution in [0.1, 0.15) is 11.1 Å². The van der Waals surface area contributed by atoms with Crippen LogP contribution in [0.2, 0.25) is 0 Å². The van der Waals surface area contributed by atoms with Crippen LogP contribution in [0.25, 0.3) is 0 Å². The fraction of sp³-hybridized carbons (Fsp3) is 0.125. The normalized spacial score (nSPS) is 14.8. The lowest BCUT2D eigenvalue weighted by Gasteiger charge is -2.15. The Kier molecular flexibility index (Phi) is 1.55. The number of hydrogen-bond acceptors (Lipinski definition) is 2. The number of benzene rings is 1. The van der Waals surface area contributed by atoms with Crippen LogP contribution in [0.15, 0.2) is 29.4 Å². The van der Waals surface area contributed by atoms with Crippen LogP contribution in [0.3, 0.4) is 0 Å². The lowest BCUT2D eigenvalue weighted by atomic mass is 10.1. The highest BCUT2D eigenvalue weighted by atomic mass is 35.5. The molecule has 2 nitrogen and oxygen atoms in total. The van der Waals surface area contributed by atoms with E-state index in [1.165, 1.54) is 10.1 Å². The van der Waals surface area contributed by atoms with Crippen molar-refractivity contribution in [1.29, 1.82) is 0 Å². The van der Waals surface area contributed by atoms with Gasteiger partial charge in [-0.15, -0.1) is 0 Å². The molecule has 0 aliphatic carbocycles. The minimum absolute atomic E-state index is 0.689. The molecule has 0 saturated heterocycles. The third-order valence-corrected chi connectivity index (χ3v) is 1.88. The Morgan fingerprint density at radius 3 is 3.09 bits per heavy atom. The molecule has 0 N–H and O–H groups in total. The summed E-state index contributed by atoms with van der Waals surface area (Å²) < 4.78 is 1.41. The number of nitrogens with zero attached hydrogens (tertiary/aromatic N) is 2. The third kappa shape index (κ3) is 1.21. The molecule has 2 rings (SSSR count). The van der Waals surface area contributed by atoms with Crippen molar-refractivity contribution >= 4 is 18.0 Å². The Morgan fingerprint density at radius 2 is 2.18 bits per heavy atom. The minimum Gasteiger partial charge on any atom is -0.201 e. The molecule has 1 heterocycles. The average molecular weight is 167 g/mol. The lowest BCUT2D eigenvalue weighted by molar-refractivity contribution is 0.476. The van der Waals surface area contributed by atoms with Crippen molar-refractivity contribution in [3.63, 3.8) is 0 Å². The van der Waals surface area contributed by atoms with E-state index in [0.717, 1.165) is 5.56 Å². The molecule has 11 heavy (non-hydrogen) atoms. The largest absolute Gasteiger partial charge is 0.201 e. The van der Waals surface area contributed by atoms with Crippen LogP contribution < -0.4 is 0 Å². The second-order valence-corrected chi connectivity index (χ2v) is 2.83. The number of fused-ring (bicyclic) bond motifs is 1. The van der Waals surface area contributed by atoms with Crippen molar-refractivity contribution in [1.82, 2.24) is 4.53 Å². The molecule has 0 atom stereocenters. The number of hydrazone groups is 1. The maximum Gasteiger partial charge on any atom is 0.0795 e. The molecule has 0 unspecified atom stereocenters. The third-order valence-electron chi connectivity index (χ3n) is 1.68. The summed E-state index contributed by atoms with van der Waals surface area (Å²) in [5, 5.41) is 3.94. The summed E-state index contributed by atoms with van der Waals surface area (Å²) in [5.74, 6) is 0. The van der Waals surface area contributed by atoms with Crippen molar-refractivity contribution in [3.8, 4) is 0 Å². The van der Waals surface area contributed by atoms with E-state index in [1.807, 2.05) is 18.2 Å². The van der Waals surface area contributed by atoms with Gasteiger partial charge in [0.25, 0.3) is 0 Å². The molecule has 56 valence electrons. The zero-order chi connectivity index (χ0) is 7.68. The standard InChI is InChI=1S/C8H7ClN2/c9-11-6-8-4-2-1-3-7(8)5-10-11/h1-5H,6H2. The first-order valence-electron chi connectivity index (χ1n) is 3.41. The molecule has 0 amide bonds. The summed E-state index contributed by atoms with van der Waals surface area (Å²) in [7, 11) is 0. The Hall–Kier alpha value is -1.02. The highest BCUT2D eigenvalue weighted by molar-refractivity contribution is 6.13. The van der Waals surface area contributed by atoms with E-state index >= 15 is 0 Å². The van der Waals surface area contributed by atoms with Crippen LogP contribution in [-0.2, 0) is 6.54 Å². The van der Waals surface area contributed by atoms with E-state index in [9.17, 15) is 0 Å². The maximum absolute atomic E-state index is 5.68.